The molecule has 0 unspecified atom stereocenters. The first kappa shape index (κ1) is 12.3. The second-order valence-corrected chi connectivity index (χ2v) is 4.29. The quantitative estimate of drug-likeness (QED) is 0.820. The van der Waals surface area contributed by atoms with Crippen LogP contribution in [0.25, 0.3) is 5.69 Å². The van der Waals surface area contributed by atoms with E-state index in [1.165, 1.54) is 4.57 Å². The van der Waals surface area contributed by atoms with E-state index in [9.17, 15) is 8.78 Å². The number of hydrogen-bond donors (Lipinski definition) is 1. The largest absolute Gasteiger partial charge is 0.337 e. The Morgan fingerprint density at radius 1 is 1.41 bits per heavy atom. The van der Waals surface area contributed by atoms with Gasteiger partial charge >= 0.3 is 0 Å². The predicted octanol–water partition coefficient (Wildman–Crippen LogP) is 4.03. The average molecular weight is 275 g/mol. The Morgan fingerprint density at radius 3 is 2.71 bits per heavy atom. The van der Waals surface area contributed by atoms with Crippen LogP contribution in [0.5, 0.6) is 0 Å². The first-order valence-corrected chi connectivity index (χ1v) is 5.77. The van der Waals surface area contributed by atoms with E-state index >= 15 is 0 Å². The van der Waals surface area contributed by atoms with Crippen LogP contribution in [0.15, 0.2) is 18.3 Å². The summed E-state index contributed by atoms with van der Waals surface area (Å²) in [4.78, 5) is 2.81. The van der Waals surface area contributed by atoms with E-state index in [0.29, 0.717) is 11.2 Å². The van der Waals surface area contributed by atoms with E-state index in [4.69, 9.17) is 23.8 Å². The Morgan fingerprint density at radius 2 is 2.12 bits per heavy atom. The molecule has 1 N–H and O–H groups in total. The summed E-state index contributed by atoms with van der Waals surface area (Å²) in [6.45, 7) is 1.91. The summed E-state index contributed by atoms with van der Waals surface area (Å²) in [7, 11) is 0. The second kappa shape index (κ2) is 4.58. The molecule has 0 spiro atoms. The summed E-state index contributed by atoms with van der Waals surface area (Å²) in [6.07, 6.45) is 2.34. The van der Waals surface area contributed by atoms with Crippen molar-refractivity contribution in [1.29, 1.82) is 0 Å². The van der Waals surface area contributed by atoms with Crippen LogP contribution in [0.2, 0.25) is 5.02 Å². The average Bonchev–Trinajstić information content (AvgIpc) is 2.59. The molecular formula is C11H9ClF2N2S. The van der Waals surface area contributed by atoms with Crippen molar-refractivity contribution in [1.82, 2.24) is 9.55 Å². The summed E-state index contributed by atoms with van der Waals surface area (Å²) in [5, 5.41) is -0.00657. The molecule has 1 aromatic carbocycles. The first-order valence-electron chi connectivity index (χ1n) is 4.98. The van der Waals surface area contributed by atoms with Crippen molar-refractivity contribution >= 4 is 23.8 Å². The fraction of sp³-hybridized carbons (Fsp3) is 0.182. The molecule has 0 aliphatic heterocycles. The predicted molar refractivity (Wildman–Crippen MR) is 65.3 cm³/mol. The molecule has 2 nitrogen and oxygen atoms in total. The van der Waals surface area contributed by atoms with Gasteiger partial charge < -0.3 is 4.98 Å². The van der Waals surface area contributed by atoms with Crippen LogP contribution in [0.1, 0.15) is 12.6 Å². The number of halogens is 3. The zero-order valence-electron chi connectivity index (χ0n) is 8.93. The number of hydrogen-bond acceptors (Lipinski definition) is 1. The molecule has 0 saturated carbocycles. The molecule has 1 heterocycles. The number of aromatic nitrogens is 2. The van der Waals surface area contributed by atoms with E-state index in [1.807, 2.05) is 6.92 Å². The molecule has 0 aliphatic carbocycles. The molecule has 0 amide bonds. The molecule has 2 rings (SSSR count). The van der Waals surface area contributed by atoms with Gasteiger partial charge in [-0.05, 0) is 24.7 Å². The maximum absolute atomic E-state index is 13.8. The summed E-state index contributed by atoms with van der Waals surface area (Å²) < 4.78 is 28.5. The minimum Gasteiger partial charge on any atom is -0.337 e. The van der Waals surface area contributed by atoms with Crippen molar-refractivity contribution in [3.05, 3.63) is 45.5 Å². The molecule has 0 bridgehead atoms. The van der Waals surface area contributed by atoms with Crippen LogP contribution in [-0.4, -0.2) is 9.55 Å². The van der Waals surface area contributed by atoms with Gasteiger partial charge in [0, 0.05) is 18.0 Å². The molecule has 90 valence electrons. The number of H-pyrrole nitrogens is 1. The van der Waals surface area contributed by atoms with E-state index in [1.54, 1.807) is 6.20 Å². The number of nitrogens with one attached hydrogen (secondary N) is 1. The van der Waals surface area contributed by atoms with Gasteiger partial charge in [0.05, 0.1) is 5.02 Å². The van der Waals surface area contributed by atoms with Crippen LogP contribution in [0.4, 0.5) is 8.78 Å². The third-order valence-electron chi connectivity index (χ3n) is 2.42. The van der Waals surface area contributed by atoms with Crippen LogP contribution in [-0.2, 0) is 6.42 Å². The van der Waals surface area contributed by atoms with Crippen molar-refractivity contribution in [3.63, 3.8) is 0 Å². The minimum atomic E-state index is -0.736. The summed E-state index contributed by atoms with van der Waals surface area (Å²) >= 11 is 10.9. The van der Waals surface area contributed by atoms with Gasteiger partial charge in [-0.2, -0.15) is 0 Å². The summed E-state index contributed by atoms with van der Waals surface area (Å²) in [6, 6.07) is 1.85. The highest BCUT2D eigenvalue weighted by molar-refractivity contribution is 7.71. The Hall–Kier alpha value is -1.20. The molecule has 0 fully saturated rings. The standard InChI is InChI=1S/C11H9ClF2N2S/c1-2-7-5-15-11(17)16(7)10-8(12)3-6(13)4-9(10)14/h3-5H,2H2,1H3,(H,15,17). The molecule has 2 aromatic rings. The van der Waals surface area contributed by atoms with E-state index in [0.717, 1.165) is 17.8 Å². The van der Waals surface area contributed by atoms with Crippen LogP contribution in [0.3, 0.4) is 0 Å². The lowest BCUT2D eigenvalue weighted by atomic mass is 10.2. The number of aromatic amines is 1. The molecule has 0 atom stereocenters. The fourth-order valence-corrected chi connectivity index (χ4v) is 2.20. The molecule has 0 aliphatic rings. The Labute approximate surface area is 107 Å². The molecule has 6 heteroatoms. The van der Waals surface area contributed by atoms with Crippen LogP contribution < -0.4 is 0 Å². The van der Waals surface area contributed by atoms with Gasteiger partial charge in [0.15, 0.2) is 10.6 Å². The number of imidazole rings is 1. The van der Waals surface area contributed by atoms with Crippen LogP contribution in [0, 0.1) is 16.4 Å². The first-order chi connectivity index (χ1) is 8.04. The molecular weight excluding hydrogens is 266 g/mol. The number of aryl methyl sites for hydroxylation is 1. The maximum Gasteiger partial charge on any atom is 0.182 e. The normalized spacial score (nSPS) is 10.8. The van der Waals surface area contributed by atoms with Gasteiger partial charge in [-0.3, -0.25) is 4.57 Å². The summed E-state index contributed by atoms with van der Waals surface area (Å²) in [5.74, 6) is -1.45. The van der Waals surface area contributed by atoms with Crippen molar-refractivity contribution < 1.29 is 8.78 Å². The van der Waals surface area contributed by atoms with Gasteiger partial charge in [0.25, 0.3) is 0 Å². The number of rotatable bonds is 2. The monoisotopic (exact) mass is 274 g/mol. The smallest absolute Gasteiger partial charge is 0.182 e. The molecule has 0 saturated heterocycles. The number of benzene rings is 1. The molecule has 1 aromatic heterocycles. The lowest BCUT2D eigenvalue weighted by Crippen LogP contribution is -2.03. The van der Waals surface area contributed by atoms with Gasteiger partial charge in [0.1, 0.15) is 11.5 Å². The zero-order valence-corrected chi connectivity index (χ0v) is 10.5. The van der Waals surface area contributed by atoms with Crippen molar-refractivity contribution in [3.8, 4) is 5.69 Å². The van der Waals surface area contributed by atoms with E-state index < -0.39 is 11.6 Å². The van der Waals surface area contributed by atoms with Crippen molar-refractivity contribution in [2.45, 2.75) is 13.3 Å². The van der Waals surface area contributed by atoms with E-state index in [2.05, 4.69) is 4.98 Å². The Kier molecular flexibility index (Phi) is 3.31. The van der Waals surface area contributed by atoms with Gasteiger partial charge in [0.2, 0.25) is 0 Å². The minimum absolute atomic E-state index is 0.00657. The van der Waals surface area contributed by atoms with E-state index in [-0.39, 0.29) is 10.7 Å². The second-order valence-electron chi connectivity index (χ2n) is 3.49. The van der Waals surface area contributed by atoms with Crippen molar-refractivity contribution in [2.24, 2.45) is 0 Å². The highest BCUT2D eigenvalue weighted by atomic mass is 35.5. The van der Waals surface area contributed by atoms with Crippen LogP contribution >= 0.6 is 23.8 Å². The van der Waals surface area contributed by atoms with Gasteiger partial charge in [-0.25, -0.2) is 8.78 Å². The zero-order chi connectivity index (χ0) is 12.6. The van der Waals surface area contributed by atoms with Gasteiger partial charge in [-0.1, -0.05) is 18.5 Å². The highest BCUT2D eigenvalue weighted by Gasteiger charge is 2.15. The maximum atomic E-state index is 13.8. The Bertz CT molecular complexity index is 595. The lowest BCUT2D eigenvalue weighted by Gasteiger charge is -2.10. The summed E-state index contributed by atoms with van der Waals surface area (Å²) in [5.41, 5.74) is 0.860. The lowest BCUT2D eigenvalue weighted by molar-refractivity contribution is 0.576. The number of nitrogens with zero attached hydrogens (tertiary/aromatic N) is 1. The third-order valence-corrected chi connectivity index (χ3v) is 3.01. The van der Waals surface area contributed by atoms with Crippen molar-refractivity contribution in [2.75, 3.05) is 0 Å². The fourth-order valence-electron chi connectivity index (χ4n) is 1.66. The third kappa shape index (κ3) is 2.12. The Balaban J connectivity index is 2.77. The molecule has 0 radical (unpaired) electrons. The highest BCUT2D eigenvalue weighted by Crippen LogP contribution is 2.26. The molecule has 17 heavy (non-hydrogen) atoms. The van der Waals surface area contributed by atoms with Gasteiger partial charge in [-0.15, -0.1) is 0 Å². The topological polar surface area (TPSA) is 20.7 Å². The SMILES string of the molecule is CCc1c[nH]c(=S)n1-c1c(F)cc(F)cc1Cl.